The number of rotatable bonds is 4. The summed E-state index contributed by atoms with van der Waals surface area (Å²) < 4.78 is 10.7. The third kappa shape index (κ3) is 2.79. The quantitative estimate of drug-likeness (QED) is 0.790. The van der Waals surface area contributed by atoms with Gasteiger partial charge < -0.3 is 14.4 Å². The van der Waals surface area contributed by atoms with Crippen molar-refractivity contribution in [3.8, 4) is 11.5 Å². The predicted molar refractivity (Wildman–Crippen MR) is 92.6 cm³/mol. The third-order valence-corrected chi connectivity index (χ3v) is 5.58. The van der Waals surface area contributed by atoms with Gasteiger partial charge in [0, 0.05) is 18.2 Å². The van der Waals surface area contributed by atoms with Crippen molar-refractivity contribution < 1.29 is 14.3 Å². The first kappa shape index (κ1) is 15.6. The smallest absolute Gasteiger partial charge is 0.258 e. The van der Waals surface area contributed by atoms with Crippen molar-refractivity contribution in [2.45, 2.75) is 50.6 Å². The minimum Gasteiger partial charge on any atom is -0.497 e. The van der Waals surface area contributed by atoms with Crippen LogP contribution in [0.4, 0.5) is 0 Å². The van der Waals surface area contributed by atoms with Gasteiger partial charge in [0.15, 0.2) is 0 Å². The second-order valence-electron chi connectivity index (χ2n) is 7.23. The van der Waals surface area contributed by atoms with Gasteiger partial charge in [-0.1, -0.05) is 11.6 Å². The molecule has 0 radical (unpaired) electrons. The molecule has 2 aliphatic heterocycles. The number of amides is 1. The molecule has 1 aromatic carbocycles. The number of hydrogen-bond acceptors (Lipinski definition) is 3. The summed E-state index contributed by atoms with van der Waals surface area (Å²) in [7, 11) is 3.22. The number of fused-ring (bicyclic) bond motifs is 2. The number of carbonyl (C=O) groups excluding carboxylic acids is 1. The summed E-state index contributed by atoms with van der Waals surface area (Å²) in [5.41, 5.74) is 2.22. The Kier molecular flexibility index (Phi) is 3.99. The number of carbonyl (C=O) groups is 1. The first-order valence-electron chi connectivity index (χ1n) is 8.94. The van der Waals surface area contributed by atoms with E-state index in [1.54, 1.807) is 25.9 Å². The Morgan fingerprint density at radius 1 is 1.08 bits per heavy atom. The zero-order valence-corrected chi connectivity index (χ0v) is 14.5. The summed E-state index contributed by atoms with van der Waals surface area (Å²) in [6.45, 7) is 0. The van der Waals surface area contributed by atoms with Gasteiger partial charge in [-0.15, -0.1) is 0 Å². The number of nitrogens with zero attached hydrogens (tertiary/aromatic N) is 1. The highest BCUT2D eigenvalue weighted by Crippen LogP contribution is 2.42. The van der Waals surface area contributed by atoms with Crippen molar-refractivity contribution >= 4 is 5.91 Å². The molecule has 3 fully saturated rings. The molecule has 1 aromatic rings. The van der Waals surface area contributed by atoms with Gasteiger partial charge in [-0.05, 0) is 56.6 Å². The highest BCUT2D eigenvalue weighted by atomic mass is 16.5. The monoisotopic (exact) mass is 327 g/mol. The van der Waals surface area contributed by atoms with Crippen LogP contribution in [-0.4, -0.2) is 37.1 Å². The maximum atomic E-state index is 13.2. The molecule has 1 saturated carbocycles. The van der Waals surface area contributed by atoms with E-state index in [1.165, 1.54) is 12.8 Å². The molecular weight excluding hydrogens is 302 g/mol. The first-order valence-corrected chi connectivity index (χ1v) is 8.94. The minimum atomic E-state index is 0.104. The van der Waals surface area contributed by atoms with Crippen LogP contribution in [0.3, 0.4) is 0 Å². The van der Waals surface area contributed by atoms with Gasteiger partial charge in [-0.25, -0.2) is 0 Å². The predicted octanol–water partition coefficient (Wildman–Crippen LogP) is 3.81. The van der Waals surface area contributed by atoms with Gasteiger partial charge in [-0.2, -0.15) is 0 Å². The molecule has 2 unspecified atom stereocenters. The van der Waals surface area contributed by atoms with Gasteiger partial charge in [0.25, 0.3) is 5.91 Å². The fraction of sp³-hybridized carbons (Fsp3) is 0.550. The van der Waals surface area contributed by atoms with E-state index >= 15 is 0 Å². The molecule has 0 spiro atoms. The SMILES string of the molecule is COc1ccc(C(=O)N2C3CCC2CC(=CC2CC2)C3)c(OC)c1. The Morgan fingerprint density at radius 3 is 2.38 bits per heavy atom. The molecule has 4 heteroatoms. The molecule has 3 aliphatic rings. The van der Waals surface area contributed by atoms with Crippen molar-refractivity contribution in [1.29, 1.82) is 0 Å². The molecule has 4 nitrogen and oxygen atoms in total. The van der Waals surface area contributed by atoms with E-state index in [0.717, 1.165) is 31.6 Å². The van der Waals surface area contributed by atoms with Gasteiger partial charge in [0.1, 0.15) is 11.5 Å². The van der Waals surface area contributed by atoms with E-state index in [-0.39, 0.29) is 5.91 Å². The number of piperidine rings is 1. The number of allylic oxidation sites excluding steroid dienone is 1. The van der Waals surface area contributed by atoms with Crippen LogP contribution < -0.4 is 9.47 Å². The van der Waals surface area contributed by atoms with E-state index in [4.69, 9.17) is 9.47 Å². The number of benzene rings is 1. The highest BCUT2D eigenvalue weighted by Gasteiger charge is 2.42. The molecule has 0 aromatic heterocycles. The van der Waals surface area contributed by atoms with Gasteiger partial charge in [0.2, 0.25) is 0 Å². The van der Waals surface area contributed by atoms with Gasteiger partial charge in [0.05, 0.1) is 19.8 Å². The van der Waals surface area contributed by atoms with E-state index in [2.05, 4.69) is 11.0 Å². The van der Waals surface area contributed by atoms with Crippen LogP contribution >= 0.6 is 0 Å². The molecule has 2 bridgehead atoms. The molecule has 24 heavy (non-hydrogen) atoms. The van der Waals surface area contributed by atoms with Crippen LogP contribution in [0.5, 0.6) is 11.5 Å². The van der Waals surface area contributed by atoms with Crippen LogP contribution in [0.2, 0.25) is 0 Å². The maximum Gasteiger partial charge on any atom is 0.258 e. The molecule has 1 amide bonds. The molecule has 128 valence electrons. The average molecular weight is 327 g/mol. The Bertz CT molecular complexity index is 661. The highest BCUT2D eigenvalue weighted by molar-refractivity contribution is 5.98. The molecule has 2 atom stereocenters. The Labute approximate surface area is 143 Å². The van der Waals surface area contributed by atoms with E-state index in [0.29, 0.717) is 29.1 Å². The van der Waals surface area contributed by atoms with Crippen LogP contribution in [0.1, 0.15) is 48.9 Å². The summed E-state index contributed by atoms with van der Waals surface area (Å²) in [4.78, 5) is 15.3. The van der Waals surface area contributed by atoms with Gasteiger partial charge in [-0.3, -0.25) is 4.79 Å². The number of methoxy groups -OCH3 is 2. The average Bonchev–Trinajstić information content (AvgIpc) is 3.37. The largest absolute Gasteiger partial charge is 0.497 e. The number of ether oxygens (including phenoxy) is 2. The summed E-state index contributed by atoms with van der Waals surface area (Å²) in [6, 6.07) is 6.16. The van der Waals surface area contributed by atoms with Crippen LogP contribution in [0.15, 0.2) is 29.8 Å². The molecule has 1 aliphatic carbocycles. The minimum absolute atomic E-state index is 0.104. The molecule has 2 heterocycles. The lowest BCUT2D eigenvalue weighted by Gasteiger charge is -2.36. The fourth-order valence-corrected chi connectivity index (χ4v) is 4.23. The molecule has 4 rings (SSSR count). The number of hydrogen-bond donors (Lipinski definition) is 0. The molecule has 2 saturated heterocycles. The summed E-state index contributed by atoms with van der Waals surface area (Å²) in [6.07, 6.45) is 9.54. The zero-order valence-electron chi connectivity index (χ0n) is 14.5. The zero-order chi connectivity index (χ0) is 16.7. The lowest BCUT2D eigenvalue weighted by atomic mass is 9.94. The Morgan fingerprint density at radius 2 is 1.79 bits per heavy atom. The fourth-order valence-electron chi connectivity index (χ4n) is 4.23. The van der Waals surface area contributed by atoms with E-state index < -0.39 is 0 Å². The first-order chi connectivity index (χ1) is 11.7. The summed E-state index contributed by atoms with van der Waals surface area (Å²) in [5, 5.41) is 0. The molecule has 0 N–H and O–H groups in total. The van der Waals surface area contributed by atoms with Crippen molar-refractivity contribution in [3.63, 3.8) is 0 Å². The topological polar surface area (TPSA) is 38.8 Å². The van der Waals surface area contributed by atoms with E-state index in [1.807, 2.05) is 12.1 Å². The van der Waals surface area contributed by atoms with Crippen molar-refractivity contribution in [3.05, 3.63) is 35.4 Å². The second-order valence-corrected chi connectivity index (χ2v) is 7.23. The Hall–Kier alpha value is -1.97. The maximum absolute atomic E-state index is 13.2. The van der Waals surface area contributed by atoms with Crippen LogP contribution in [0, 0.1) is 5.92 Å². The lowest BCUT2D eigenvalue weighted by molar-refractivity contribution is 0.0631. The lowest BCUT2D eigenvalue weighted by Crippen LogP contribution is -2.44. The standard InChI is InChI=1S/C20H25NO3/c1-23-17-7-8-18(19(12-17)24-2)20(22)21-15-5-6-16(21)11-14(10-15)9-13-3-4-13/h7-9,12-13,15-16H,3-6,10-11H2,1-2H3. The second kappa shape index (κ2) is 6.15. The van der Waals surface area contributed by atoms with Gasteiger partial charge >= 0.3 is 0 Å². The Balaban J connectivity index is 1.57. The van der Waals surface area contributed by atoms with Crippen molar-refractivity contribution in [2.24, 2.45) is 5.92 Å². The summed E-state index contributed by atoms with van der Waals surface area (Å²) >= 11 is 0. The van der Waals surface area contributed by atoms with Crippen molar-refractivity contribution in [1.82, 2.24) is 4.90 Å². The van der Waals surface area contributed by atoms with Crippen LogP contribution in [-0.2, 0) is 0 Å². The van der Waals surface area contributed by atoms with Crippen molar-refractivity contribution in [2.75, 3.05) is 14.2 Å². The third-order valence-electron chi connectivity index (χ3n) is 5.58. The normalized spacial score (nSPS) is 25.6. The summed E-state index contributed by atoms with van der Waals surface area (Å²) in [5.74, 6) is 2.23. The molecular formula is C20H25NO3. The van der Waals surface area contributed by atoms with Crippen LogP contribution in [0.25, 0.3) is 0 Å². The van der Waals surface area contributed by atoms with E-state index in [9.17, 15) is 4.79 Å².